The molecule has 1 N–H and O–H groups in total. The second-order valence-corrected chi connectivity index (χ2v) is 3.81. The van der Waals surface area contributed by atoms with Crippen LogP contribution in [-0.4, -0.2) is 9.91 Å². The van der Waals surface area contributed by atoms with Crippen LogP contribution in [0.1, 0.15) is 5.56 Å². The molecule has 1 heterocycles. The Hall–Kier alpha value is -1.88. The number of nitrogens with one attached hydrogen (secondary N) is 1. The van der Waals surface area contributed by atoms with Gasteiger partial charge in [-0.15, -0.1) is 0 Å². The fraction of sp³-hybridized carbons (Fsp3) is 0.100. The van der Waals surface area contributed by atoms with Crippen LogP contribution < -0.4 is 5.56 Å². The fourth-order valence-electron chi connectivity index (χ4n) is 1.63. The van der Waals surface area contributed by atoms with Crippen molar-refractivity contribution in [2.24, 2.45) is 0 Å². The number of H-pyrrole nitrogens is 1. The third-order valence-electron chi connectivity index (χ3n) is 2.39. The molecule has 2 aromatic rings. The smallest absolute Gasteiger partial charge is 0.316 e. The standard InChI is InChI=1S/C10H7ClN2O3/c1-5-7-4-6(11)2-3-8(7)12-10(14)9(5)13(15)16/h2-4H,1H3,(H,12,14). The van der Waals surface area contributed by atoms with Crippen molar-refractivity contribution >= 4 is 28.2 Å². The highest BCUT2D eigenvalue weighted by Crippen LogP contribution is 2.24. The van der Waals surface area contributed by atoms with E-state index in [1.807, 2.05) is 0 Å². The summed E-state index contributed by atoms with van der Waals surface area (Å²) in [6.45, 7) is 1.53. The van der Waals surface area contributed by atoms with Gasteiger partial charge < -0.3 is 4.98 Å². The van der Waals surface area contributed by atoms with Crippen LogP contribution in [0.2, 0.25) is 5.02 Å². The zero-order valence-electron chi connectivity index (χ0n) is 8.28. The van der Waals surface area contributed by atoms with E-state index >= 15 is 0 Å². The number of aromatic amines is 1. The topological polar surface area (TPSA) is 76.0 Å². The van der Waals surface area contributed by atoms with Gasteiger partial charge in [0.25, 0.3) is 0 Å². The molecule has 82 valence electrons. The first-order valence-electron chi connectivity index (χ1n) is 4.47. The summed E-state index contributed by atoms with van der Waals surface area (Å²) < 4.78 is 0. The number of fused-ring (bicyclic) bond motifs is 1. The number of hydrogen-bond acceptors (Lipinski definition) is 3. The Balaban J connectivity index is 2.96. The van der Waals surface area contributed by atoms with Crippen LogP contribution in [0, 0.1) is 17.0 Å². The normalized spacial score (nSPS) is 10.6. The number of benzene rings is 1. The highest BCUT2D eigenvalue weighted by Gasteiger charge is 2.19. The maximum Gasteiger partial charge on any atom is 0.337 e. The van der Waals surface area contributed by atoms with E-state index in [0.717, 1.165) is 0 Å². The minimum Gasteiger partial charge on any atom is -0.316 e. The second kappa shape index (κ2) is 3.61. The number of halogens is 1. The predicted octanol–water partition coefficient (Wildman–Crippen LogP) is 2.40. The van der Waals surface area contributed by atoms with Gasteiger partial charge in [-0.05, 0) is 25.1 Å². The summed E-state index contributed by atoms with van der Waals surface area (Å²) in [5.74, 6) is 0. The Labute approximate surface area is 94.8 Å². The summed E-state index contributed by atoms with van der Waals surface area (Å²) in [7, 11) is 0. The minimum absolute atomic E-state index is 0.325. The first-order chi connectivity index (χ1) is 7.50. The molecule has 1 aromatic carbocycles. The molecule has 0 saturated heterocycles. The first-order valence-corrected chi connectivity index (χ1v) is 4.85. The summed E-state index contributed by atoms with van der Waals surface area (Å²) in [5, 5.41) is 11.8. The lowest BCUT2D eigenvalue weighted by atomic mass is 10.1. The average molecular weight is 239 g/mol. The second-order valence-electron chi connectivity index (χ2n) is 3.37. The van der Waals surface area contributed by atoms with Gasteiger partial charge in [-0.1, -0.05) is 11.6 Å². The third-order valence-corrected chi connectivity index (χ3v) is 2.62. The molecule has 5 nitrogen and oxygen atoms in total. The SMILES string of the molecule is Cc1c([N+](=O)[O-])c(=O)[nH]c2ccc(Cl)cc12. The number of pyridine rings is 1. The van der Waals surface area contributed by atoms with Crippen molar-refractivity contribution in [3.05, 3.63) is 49.3 Å². The summed E-state index contributed by atoms with van der Waals surface area (Å²) in [4.78, 5) is 23.9. The molecule has 0 bridgehead atoms. The predicted molar refractivity (Wildman–Crippen MR) is 61.0 cm³/mol. The van der Waals surface area contributed by atoms with Gasteiger partial charge in [-0.3, -0.25) is 14.9 Å². The lowest BCUT2D eigenvalue weighted by Crippen LogP contribution is -2.13. The number of nitro groups is 1. The summed E-state index contributed by atoms with van der Waals surface area (Å²) in [5.41, 5.74) is -0.268. The van der Waals surface area contributed by atoms with Crippen molar-refractivity contribution in [3.63, 3.8) is 0 Å². The van der Waals surface area contributed by atoms with E-state index in [-0.39, 0.29) is 0 Å². The van der Waals surface area contributed by atoms with Gasteiger partial charge in [-0.2, -0.15) is 0 Å². The highest BCUT2D eigenvalue weighted by molar-refractivity contribution is 6.31. The molecule has 0 saturated carbocycles. The molecule has 0 unspecified atom stereocenters. The van der Waals surface area contributed by atoms with Crippen molar-refractivity contribution in [1.29, 1.82) is 0 Å². The lowest BCUT2D eigenvalue weighted by molar-refractivity contribution is -0.386. The van der Waals surface area contributed by atoms with E-state index in [1.165, 1.54) is 6.92 Å². The monoisotopic (exact) mass is 238 g/mol. The summed E-state index contributed by atoms with van der Waals surface area (Å²) >= 11 is 5.80. The zero-order chi connectivity index (χ0) is 11.9. The van der Waals surface area contributed by atoms with Crippen molar-refractivity contribution in [2.75, 3.05) is 0 Å². The van der Waals surface area contributed by atoms with E-state index in [0.29, 0.717) is 21.5 Å². The van der Waals surface area contributed by atoms with Gasteiger partial charge in [-0.25, -0.2) is 0 Å². The van der Waals surface area contributed by atoms with Gasteiger partial charge in [0.1, 0.15) is 0 Å². The fourth-order valence-corrected chi connectivity index (χ4v) is 1.81. The van der Waals surface area contributed by atoms with Crippen LogP contribution in [0.15, 0.2) is 23.0 Å². The largest absolute Gasteiger partial charge is 0.337 e. The molecule has 0 aliphatic heterocycles. The molecule has 16 heavy (non-hydrogen) atoms. The summed E-state index contributed by atoms with van der Waals surface area (Å²) in [6.07, 6.45) is 0. The molecule has 0 aliphatic carbocycles. The third kappa shape index (κ3) is 1.55. The van der Waals surface area contributed by atoms with Gasteiger partial charge in [0, 0.05) is 21.5 Å². The molecule has 6 heteroatoms. The van der Waals surface area contributed by atoms with E-state index in [2.05, 4.69) is 4.98 Å². The molecular formula is C10H7ClN2O3. The Morgan fingerprint density at radius 1 is 1.44 bits per heavy atom. The van der Waals surface area contributed by atoms with Gasteiger partial charge >= 0.3 is 11.2 Å². The van der Waals surface area contributed by atoms with Crippen molar-refractivity contribution in [2.45, 2.75) is 6.92 Å². The number of aromatic nitrogens is 1. The minimum atomic E-state index is -0.697. The highest BCUT2D eigenvalue weighted by atomic mass is 35.5. The molecule has 0 amide bonds. The lowest BCUT2D eigenvalue weighted by Gasteiger charge is -2.02. The molecule has 0 radical (unpaired) electrons. The number of rotatable bonds is 1. The van der Waals surface area contributed by atoms with Gasteiger partial charge in [0.05, 0.1) is 4.92 Å². The van der Waals surface area contributed by atoms with Gasteiger partial charge in [0.15, 0.2) is 0 Å². The zero-order valence-corrected chi connectivity index (χ0v) is 9.04. The Bertz CT molecular complexity index is 648. The summed E-state index contributed by atoms with van der Waals surface area (Å²) in [6, 6.07) is 4.83. The van der Waals surface area contributed by atoms with Crippen LogP contribution in [-0.2, 0) is 0 Å². The maximum absolute atomic E-state index is 11.5. The van der Waals surface area contributed by atoms with Crippen molar-refractivity contribution < 1.29 is 4.92 Å². The molecule has 2 rings (SSSR count). The van der Waals surface area contributed by atoms with E-state index < -0.39 is 16.2 Å². The number of nitrogens with zero attached hydrogens (tertiary/aromatic N) is 1. The number of hydrogen-bond donors (Lipinski definition) is 1. The molecule has 0 fully saturated rings. The molecule has 1 aromatic heterocycles. The van der Waals surface area contributed by atoms with Gasteiger partial charge in [0.2, 0.25) is 0 Å². The Morgan fingerprint density at radius 2 is 2.12 bits per heavy atom. The maximum atomic E-state index is 11.5. The Kier molecular flexibility index (Phi) is 2.40. The van der Waals surface area contributed by atoms with Crippen LogP contribution in [0.4, 0.5) is 5.69 Å². The van der Waals surface area contributed by atoms with E-state index in [1.54, 1.807) is 18.2 Å². The molecule has 0 atom stereocenters. The first kappa shape index (κ1) is 10.6. The van der Waals surface area contributed by atoms with E-state index in [9.17, 15) is 14.9 Å². The van der Waals surface area contributed by atoms with E-state index in [4.69, 9.17) is 11.6 Å². The molecule has 0 spiro atoms. The van der Waals surface area contributed by atoms with Crippen LogP contribution in [0.25, 0.3) is 10.9 Å². The number of aryl methyl sites for hydroxylation is 1. The molecular weight excluding hydrogens is 232 g/mol. The van der Waals surface area contributed by atoms with Crippen LogP contribution in [0.5, 0.6) is 0 Å². The van der Waals surface area contributed by atoms with Crippen molar-refractivity contribution in [1.82, 2.24) is 4.98 Å². The van der Waals surface area contributed by atoms with Crippen molar-refractivity contribution in [3.8, 4) is 0 Å². The van der Waals surface area contributed by atoms with Crippen LogP contribution in [0.3, 0.4) is 0 Å². The van der Waals surface area contributed by atoms with Crippen LogP contribution >= 0.6 is 11.6 Å². The Morgan fingerprint density at radius 3 is 2.75 bits per heavy atom. The average Bonchev–Trinajstić information content (AvgIpc) is 2.19. The quantitative estimate of drug-likeness (QED) is 0.612. The molecule has 0 aliphatic rings.